The molecule has 142 valence electrons. The van der Waals surface area contributed by atoms with Gasteiger partial charge in [0.15, 0.2) is 0 Å². The molecule has 1 aliphatic heterocycles. The van der Waals surface area contributed by atoms with Crippen LogP contribution in [0.25, 0.3) is 0 Å². The SMILES string of the molecule is C=C1C(=O)O[C@@H]2C[C@@H](C)C(=O)C/C=C(\C)C[C@@H](OC(=O)/C(=C/C)CO)[C@@H]12. The zero-order valence-corrected chi connectivity index (χ0v) is 15.5. The van der Waals surface area contributed by atoms with Gasteiger partial charge < -0.3 is 14.6 Å². The summed E-state index contributed by atoms with van der Waals surface area (Å²) in [5.74, 6) is -1.85. The summed E-state index contributed by atoms with van der Waals surface area (Å²) in [4.78, 5) is 36.6. The molecule has 0 amide bonds. The molecule has 6 heteroatoms. The van der Waals surface area contributed by atoms with Crippen LogP contribution in [0.1, 0.15) is 40.0 Å². The molecule has 0 saturated carbocycles. The molecular formula is C20H26O6. The molecule has 1 heterocycles. The van der Waals surface area contributed by atoms with Crippen molar-refractivity contribution in [1.82, 2.24) is 0 Å². The lowest BCUT2D eigenvalue weighted by Gasteiger charge is -2.29. The van der Waals surface area contributed by atoms with Crippen molar-refractivity contribution in [2.24, 2.45) is 11.8 Å². The van der Waals surface area contributed by atoms with E-state index in [-0.39, 0.29) is 22.8 Å². The maximum atomic E-state index is 12.3. The van der Waals surface area contributed by atoms with E-state index in [1.165, 1.54) is 6.08 Å². The number of aliphatic hydroxyl groups is 1. The second kappa shape index (κ2) is 8.45. The number of hydrogen-bond acceptors (Lipinski definition) is 6. The number of esters is 2. The maximum Gasteiger partial charge on any atom is 0.336 e. The number of carbonyl (C=O) groups excluding carboxylic acids is 3. The van der Waals surface area contributed by atoms with Gasteiger partial charge in [-0.3, -0.25) is 4.79 Å². The molecule has 0 aromatic heterocycles. The Bertz CT molecular complexity index is 672. The number of aliphatic hydroxyl groups excluding tert-OH is 1. The molecule has 4 atom stereocenters. The van der Waals surface area contributed by atoms with Crippen LogP contribution in [0.4, 0.5) is 0 Å². The monoisotopic (exact) mass is 362 g/mol. The molecule has 6 nitrogen and oxygen atoms in total. The summed E-state index contributed by atoms with van der Waals surface area (Å²) in [6, 6.07) is 0. The van der Waals surface area contributed by atoms with Crippen LogP contribution in [0.3, 0.4) is 0 Å². The van der Waals surface area contributed by atoms with Crippen molar-refractivity contribution in [3.05, 3.63) is 35.5 Å². The van der Waals surface area contributed by atoms with Crippen LogP contribution in [-0.2, 0) is 23.9 Å². The molecule has 1 saturated heterocycles. The van der Waals surface area contributed by atoms with E-state index in [0.717, 1.165) is 5.57 Å². The topological polar surface area (TPSA) is 89.9 Å². The molecule has 1 fully saturated rings. The van der Waals surface area contributed by atoms with E-state index in [9.17, 15) is 19.5 Å². The van der Waals surface area contributed by atoms with Gasteiger partial charge in [0.2, 0.25) is 0 Å². The lowest BCUT2D eigenvalue weighted by molar-refractivity contribution is -0.149. The lowest BCUT2D eigenvalue weighted by Crippen LogP contribution is -2.36. The van der Waals surface area contributed by atoms with Crippen LogP contribution < -0.4 is 0 Å². The van der Waals surface area contributed by atoms with E-state index in [1.807, 2.05) is 19.9 Å². The van der Waals surface area contributed by atoms with E-state index in [0.29, 0.717) is 19.3 Å². The minimum atomic E-state index is -0.649. The quantitative estimate of drug-likeness (QED) is 0.471. The normalized spacial score (nSPS) is 32.4. The standard InChI is InChI=1S/C20H26O6/c1-5-14(10-21)20(24)26-16-8-11(2)6-7-15(22)12(3)9-17-18(16)13(4)19(23)25-17/h5-6,12,16-18,21H,4,7-10H2,1-3H3/b11-6+,14-5+/t12-,16-,17-,18-/m1/s1. The van der Waals surface area contributed by atoms with E-state index in [4.69, 9.17) is 9.47 Å². The van der Waals surface area contributed by atoms with E-state index in [1.54, 1.807) is 6.92 Å². The minimum Gasteiger partial charge on any atom is -0.458 e. The Morgan fingerprint density at radius 3 is 2.77 bits per heavy atom. The number of ether oxygens (including phenoxy) is 2. The number of rotatable bonds is 3. The Balaban J connectivity index is 2.37. The maximum absolute atomic E-state index is 12.3. The number of ketones is 1. The molecule has 2 rings (SSSR count). The van der Waals surface area contributed by atoms with Crippen LogP contribution in [-0.4, -0.2) is 41.6 Å². The van der Waals surface area contributed by atoms with Crippen molar-refractivity contribution < 1.29 is 29.0 Å². The van der Waals surface area contributed by atoms with Gasteiger partial charge in [0, 0.05) is 24.3 Å². The molecule has 0 radical (unpaired) electrons. The molecule has 0 unspecified atom stereocenters. The van der Waals surface area contributed by atoms with Gasteiger partial charge >= 0.3 is 11.9 Å². The average molecular weight is 362 g/mol. The van der Waals surface area contributed by atoms with Gasteiger partial charge in [-0.2, -0.15) is 0 Å². The van der Waals surface area contributed by atoms with Gasteiger partial charge in [0.25, 0.3) is 0 Å². The Labute approximate surface area is 153 Å². The molecular weight excluding hydrogens is 336 g/mol. The third-order valence-corrected chi connectivity index (χ3v) is 5.07. The summed E-state index contributed by atoms with van der Waals surface area (Å²) in [6.07, 6.45) is 3.16. The van der Waals surface area contributed by atoms with Crippen molar-refractivity contribution in [1.29, 1.82) is 0 Å². The van der Waals surface area contributed by atoms with Crippen LogP contribution in [0.2, 0.25) is 0 Å². The van der Waals surface area contributed by atoms with E-state index < -0.39 is 36.7 Å². The number of hydrogen-bond donors (Lipinski definition) is 1. The number of allylic oxidation sites excluding steroid dienone is 2. The van der Waals surface area contributed by atoms with Crippen molar-refractivity contribution in [2.75, 3.05) is 6.61 Å². The molecule has 2 aliphatic rings. The number of fused-ring (bicyclic) bond motifs is 1. The van der Waals surface area contributed by atoms with Crippen LogP contribution in [0.15, 0.2) is 35.5 Å². The third kappa shape index (κ3) is 4.30. The summed E-state index contributed by atoms with van der Waals surface area (Å²) in [5, 5.41) is 9.29. The Kier molecular flexibility index (Phi) is 6.53. The highest BCUT2D eigenvalue weighted by Gasteiger charge is 2.46. The first-order valence-corrected chi connectivity index (χ1v) is 8.83. The minimum absolute atomic E-state index is 0.0867. The van der Waals surface area contributed by atoms with Crippen molar-refractivity contribution >= 4 is 17.7 Å². The smallest absolute Gasteiger partial charge is 0.336 e. The molecule has 0 aromatic carbocycles. The van der Waals surface area contributed by atoms with Crippen molar-refractivity contribution in [3.63, 3.8) is 0 Å². The largest absolute Gasteiger partial charge is 0.458 e. The predicted molar refractivity (Wildman–Crippen MR) is 95.0 cm³/mol. The average Bonchev–Trinajstić information content (AvgIpc) is 2.86. The van der Waals surface area contributed by atoms with E-state index in [2.05, 4.69) is 6.58 Å². The predicted octanol–water partition coefficient (Wildman–Crippen LogP) is 2.27. The first kappa shape index (κ1) is 20.1. The lowest BCUT2D eigenvalue weighted by atomic mass is 9.81. The van der Waals surface area contributed by atoms with Crippen molar-refractivity contribution in [2.45, 2.75) is 52.2 Å². The molecule has 0 aromatic rings. The van der Waals surface area contributed by atoms with Crippen molar-refractivity contribution in [3.8, 4) is 0 Å². The summed E-state index contributed by atoms with van der Waals surface area (Å²) in [5.41, 5.74) is 1.30. The highest BCUT2D eigenvalue weighted by atomic mass is 16.6. The summed E-state index contributed by atoms with van der Waals surface area (Å²) >= 11 is 0. The molecule has 1 aliphatic carbocycles. The van der Waals surface area contributed by atoms with Gasteiger partial charge in [-0.05, 0) is 20.3 Å². The fourth-order valence-electron chi connectivity index (χ4n) is 3.39. The Hall–Kier alpha value is -2.21. The zero-order valence-electron chi connectivity index (χ0n) is 15.5. The van der Waals surface area contributed by atoms with Gasteiger partial charge in [-0.15, -0.1) is 0 Å². The second-order valence-corrected chi connectivity index (χ2v) is 6.97. The zero-order chi connectivity index (χ0) is 19.4. The van der Waals surface area contributed by atoms with Gasteiger partial charge in [-0.25, -0.2) is 9.59 Å². The molecule has 0 bridgehead atoms. The summed E-state index contributed by atoms with van der Waals surface area (Å²) in [6.45, 7) is 8.71. The van der Waals surface area contributed by atoms with E-state index >= 15 is 0 Å². The van der Waals surface area contributed by atoms with Crippen LogP contribution in [0.5, 0.6) is 0 Å². The molecule has 26 heavy (non-hydrogen) atoms. The van der Waals surface area contributed by atoms with Crippen LogP contribution >= 0.6 is 0 Å². The van der Waals surface area contributed by atoms with Crippen LogP contribution in [0, 0.1) is 11.8 Å². The fourth-order valence-corrected chi connectivity index (χ4v) is 3.39. The summed E-state index contributed by atoms with van der Waals surface area (Å²) in [7, 11) is 0. The fraction of sp³-hybridized carbons (Fsp3) is 0.550. The number of Topliss-reactive ketones (excluding diaryl/α,β-unsaturated/α-hetero) is 1. The number of carbonyl (C=O) groups is 3. The first-order valence-electron chi connectivity index (χ1n) is 8.83. The Morgan fingerprint density at radius 1 is 1.46 bits per heavy atom. The highest BCUT2D eigenvalue weighted by Crippen LogP contribution is 2.38. The van der Waals surface area contributed by atoms with Gasteiger partial charge in [0.05, 0.1) is 18.1 Å². The second-order valence-electron chi connectivity index (χ2n) is 6.97. The molecule has 0 spiro atoms. The third-order valence-electron chi connectivity index (χ3n) is 5.07. The molecule has 1 N–H and O–H groups in total. The summed E-state index contributed by atoms with van der Waals surface area (Å²) < 4.78 is 11.1. The van der Waals surface area contributed by atoms with Gasteiger partial charge in [0.1, 0.15) is 18.0 Å². The Morgan fingerprint density at radius 2 is 2.15 bits per heavy atom. The van der Waals surface area contributed by atoms with Gasteiger partial charge in [-0.1, -0.05) is 31.2 Å². The first-order chi connectivity index (χ1) is 12.3. The highest BCUT2D eigenvalue weighted by molar-refractivity contribution is 5.92.